The van der Waals surface area contributed by atoms with E-state index in [1.54, 1.807) is 0 Å². The highest BCUT2D eigenvalue weighted by molar-refractivity contribution is 14.1. The number of phenols is 1. The summed E-state index contributed by atoms with van der Waals surface area (Å²) in [6, 6.07) is 3.76. The minimum atomic E-state index is -4.60. The summed E-state index contributed by atoms with van der Waals surface area (Å²) in [6.45, 7) is 5.23. The van der Waals surface area contributed by atoms with E-state index >= 15 is 0 Å². The number of piperidine rings is 1. The third-order valence-corrected chi connectivity index (χ3v) is 9.10. The monoisotopic (exact) mass is 545 g/mol. The maximum Gasteiger partial charge on any atom is 0.381 e. The van der Waals surface area contributed by atoms with Crippen molar-refractivity contribution in [2.24, 2.45) is 0 Å². The first kappa shape index (κ1) is 22.0. The van der Waals surface area contributed by atoms with Crippen molar-refractivity contribution >= 4 is 51.0 Å². The Hall–Kier alpha value is 0.280. The quantitative estimate of drug-likeness (QED) is 0.560. The van der Waals surface area contributed by atoms with E-state index in [1.807, 2.05) is 30.9 Å². The molecule has 0 amide bonds. The van der Waals surface area contributed by atoms with E-state index in [2.05, 4.69) is 22.6 Å². The topological polar surface area (TPSA) is 102 Å². The highest BCUT2D eigenvalue weighted by atomic mass is 127. The Balaban J connectivity index is 2.03. The van der Waals surface area contributed by atoms with E-state index in [0.29, 0.717) is 25.1 Å². The summed E-state index contributed by atoms with van der Waals surface area (Å²) in [4.78, 5) is 3.60. The Bertz CT molecular complexity index is 752. The number of aryl methyl sites for hydroxylation is 1. The zero-order valence-corrected chi connectivity index (χ0v) is 19.5. The van der Waals surface area contributed by atoms with E-state index in [1.165, 1.54) is 23.5 Å². The van der Waals surface area contributed by atoms with Crippen molar-refractivity contribution in [1.82, 2.24) is 4.90 Å². The Morgan fingerprint density at radius 2 is 1.89 bits per heavy atom. The molecule has 0 spiro atoms. The predicted molar refractivity (Wildman–Crippen MR) is 107 cm³/mol. The minimum Gasteiger partial charge on any atom is -0.506 e. The first-order chi connectivity index (χ1) is 12.6. The summed E-state index contributed by atoms with van der Waals surface area (Å²) in [7, 11) is -4.60. The smallest absolute Gasteiger partial charge is 0.381 e. The van der Waals surface area contributed by atoms with Crippen molar-refractivity contribution < 1.29 is 33.6 Å². The predicted octanol–water partition coefficient (Wildman–Crippen LogP) is 1.87. The van der Waals surface area contributed by atoms with Crippen LogP contribution >= 0.6 is 46.1 Å². The van der Waals surface area contributed by atoms with Crippen molar-refractivity contribution in [3.8, 4) is 5.75 Å². The lowest BCUT2D eigenvalue weighted by Gasteiger charge is -2.37. The number of likely N-dealkylation sites (tertiary alicyclic amines) is 1. The average molecular weight is 546 g/mol. The molecule has 0 bridgehead atoms. The molecule has 6 nitrogen and oxygen atoms in total. The van der Waals surface area contributed by atoms with Crippen LogP contribution < -0.4 is 14.0 Å². The lowest BCUT2D eigenvalue weighted by molar-refractivity contribution is -1.92. The molecule has 1 aromatic rings. The van der Waals surface area contributed by atoms with Crippen LogP contribution in [0.4, 0.5) is 0 Å². The van der Waals surface area contributed by atoms with Gasteiger partial charge in [0.25, 0.3) is 0 Å². The van der Waals surface area contributed by atoms with Gasteiger partial charge in [-0.1, -0.05) is 13.3 Å². The van der Waals surface area contributed by atoms with Gasteiger partial charge in [0.15, 0.2) is 0 Å². The third kappa shape index (κ3) is 4.89. The van der Waals surface area contributed by atoms with Crippen molar-refractivity contribution in [3.63, 3.8) is 0 Å². The van der Waals surface area contributed by atoms with Gasteiger partial charge in [0.1, 0.15) is 10.0 Å². The van der Waals surface area contributed by atoms with E-state index in [4.69, 9.17) is 4.29 Å². The van der Waals surface area contributed by atoms with Crippen LogP contribution in [0.15, 0.2) is 17.0 Å². The van der Waals surface area contributed by atoms with Crippen molar-refractivity contribution in [2.75, 3.05) is 13.1 Å². The molecule has 1 aromatic carbocycles. The number of thioether (sulfide) groups is 2. The largest absolute Gasteiger partial charge is 0.506 e. The summed E-state index contributed by atoms with van der Waals surface area (Å²) in [5.41, 5.74) is 1.64. The number of rotatable bonds is 5. The van der Waals surface area contributed by atoms with Gasteiger partial charge in [-0.15, -0.1) is 0 Å². The van der Waals surface area contributed by atoms with Crippen molar-refractivity contribution in [1.29, 1.82) is 0 Å². The third-order valence-electron chi connectivity index (χ3n) is 4.45. The van der Waals surface area contributed by atoms with E-state index in [-0.39, 0.29) is 5.75 Å². The molecule has 2 heterocycles. The summed E-state index contributed by atoms with van der Waals surface area (Å²) in [6.07, 6.45) is 3.56. The zero-order valence-electron chi connectivity index (χ0n) is 15.0. The van der Waals surface area contributed by atoms with Gasteiger partial charge in [0, 0.05) is 28.5 Å². The van der Waals surface area contributed by atoms with Gasteiger partial charge in [-0.3, -0.25) is 0 Å². The molecule has 1 unspecified atom stereocenters. The molecule has 0 aromatic heterocycles. The lowest BCUT2D eigenvalue weighted by atomic mass is 10.1. The lowest BCUT2D eigenvalue weighted by Crippen LogP contribution is -2.66. The van der Waals surface area contributed by atoms with Crippen LogP contribution in [-0.2, 0) is 4.29 Å². The second-order valence-corrected chi connectivity index (χ2v) is 11.2. The normalized spacial score (nSPS) is 24.7. The molecule has 0 saturated carbocycles. The fraction of sp³-hybridized carbons (Fsp3) is 0.529. The van der Waals surface area contributed by atoms with Crippen LogP contribution in [0.25, 0.3) is 4.91 Å². The van der Waals surface area contributed by atoms with Crippen LogP contribution in [0.5, 0.6) is 5.75 Å². The first-order valence-electron chi connectivity index (χ1n) is 8.62. The molecule has 3 rings (SSSR count). The molecule has 150 valence electrons. The van der Waals surface area contributed by atoms with Gasteiger partial charge in [0.2, 0.25) is 0 Å². The van der Waals surface area contributed by atoms with E-state index in [0.717, 1.165) is 38.2 Å². The van der Waals surface area contributed by atoms with Crippen LogP contribution in [-0.4, -0.2) is 27.5 Å². The molecular formula is C17H21ClINO5S2. The highest BCUT2D eigenvalue weighted by Crippen LogP contribution is 2.62. The van der Waals surface area contributed by atoms with E-state index < -0.39 is 14.6 Å². The molecule has 2 aliphatic rings. The number of nitrogens with zero attached hydrogens (tertiary/aromatic N) is 1. The standard InChI is InChI=1S/C17H21ClINO5S2/c1-3-14-16(12-9-11(2)10-13(19)15(12)21)27-17(26-14,25-18(22,23)24)20-7-5-4-6-8-20/h9-10,21H,3-8H2,1-2H3. The van der Waals surface area contributed by atoms with Gasteiger partial charge in [-0.2, -0.15) is 14.0 Å². The molecule has 0 radical (unpaired) electrons. The fourth-order valence-electron chi connectivity index (χ4n) is 3.25. The minimum absolute atomic E-state index is 0.159. The molecule has 1 N–H and O–H groups in total. The molecule has 27 heavy (non-hydrogen) atoms. The number of halogens is 2. The van der Waals surface area contributed by atoms with Gasteiger partial charge in [-0.05, 0) is 90.0 Å². The SMILES string of the molecule is CCC1=C(c2cc(C)cc(I)c2O)SC(O[Cl+3]([O-])([O-])[O-])(N2CCCCC2)S1. The number of benzene rings is 1. The maximum atomic E-state index is 11.5. The van der Waals surface area contributed by atoms with Gasteiger partial charge >= 0.3 is 4.39 Å². The number of hydrogen-bond donors (Lipinski definition) is 1. The molecule has 1 saturated heterocycles. The number of phenolic OH excluding ortho intramolecular Hbond substituents is 1. The molecule has 2 aliphatic heterocycles. The molecule has 1 atom stereocenters. The summed E-state index contributed by atoms with van der Waals surface area (Å²) < 4.78 is 39.1. The van der Waals surface area contributed by atoms with Crippen LogP contribution in [0.1, 0.15) is 43.7 Å². The fourth-order valence-corrected chi connectivity index (χ4v) is 8.12. The Kier molecular flexibility index (Phi) is 6.97. The number of allylic oxidation sites excluding steroid dienone is 1. The molecular weight excluding hydrogens is 525 g/mol. The highest BCUT2D eigenvalue weighted by Gasteiger charge is 2.58. The Morgan fingerprint density at radius 1 is 1.22 bits per heavy atom. The summed E-state index contributed by atoms with van der Waals surface area (Å²) in [5.74, 6) is 0.159. The van der Waals surface area contributed by atoms with Crippen LogP contribution in [0.2, 0.25) is 0 Å². The molecule has 10 heteroatoms. The van der Waals surface area contributed by atoms with Crippen LogP contribution in [0, 0.1) is 20.7 Å². The zero-order chi connectivity index (χ0) is 19.8. The molecule has 1 fully saturated rings. The van der Waals surface area contributed by atoms with Crippen molar-refractivity contribution in [2.45, 2.75) is 43.9 Å². The van der Waals surface area contributed by atoms with Gasteiger partial charge < -0.3 is 5.11 Å². The van der Waals surface area contributed by atoms with Crippen LogP contribution in [0.3, 0.4) is 0 Å². The second kappa shape index (κ2) is 8.57. The van der Waals surface area contributed by atoms with Crippen molar-refractivity contribution in [3.05, 3.63) is 31.7 Å². The summed E-state index contributed by atoms with van der Waals surface area (Å²) >= 11 is 4.55. The summed E-state index contributed by atoms with van der Waals surface area (Å²) in [5, 5.41) is 10.6. The average Bonchev–Trinajstić information content (AvgIpc) is 2.96. The Labute approximate surface area is 183 Å². The number of hydrogen-bond acceptors (Lipinski definition) is 8. The molecule has 0 aliphatic carbocycles. The van der Waals surface area contributed by atoms with Gasteiger partial charge in [0.05, 0.1) is 13.8 Å². The second-order valence-electron chi connectivity index (χ2n) is 6.48. The van der Waals surface area contributed by atoms with E-state index in [9.17, 15) is 19.1 Å². The number of aromatic hydroxyl groups is 1. The first-order valence-corrected chi connectivity index (χ1v) is 12.6. The van der Waals surface area contributed by atoms with Gasteiger partial charge in [-0.25, -0.2) is 4.90 Å². The maximum absolute atomic E-state index is 11.5. The Morgan fingerprint density at radius 3 is 2.48 bits per heavy atom.